The fourth-order valence-corrected chi connectivity index (χ4v) is 5.66. The largest absolute Gasteiger partial charge is 0.389 e. The molecule has 0 aromatic carbocycles. The molecule has 3 aliphatic rings. The molecule has 10 heteroatoms. The van der Waals surface area contributed by atoms with Crippen LogP contribution in [0.1, 0.15) is 24.0 Å². The van der Waals surface area contributed by atoms with Gasteiger partial charge >= 0.3 is 0 Å². The summed E-state index contributed by atoms with van der Waals surface area (Å²) < 4.78 is 1.79. The first-order valence-electron chi connectivity index (χ1n) is 10.2. The monoisotopic (exact) mass is 419 g/mol. The number of rotatable bonds is 3. The van der Waals surface area contributed by atoms with Gasteiger partial charge in [0.2, 0.25) is 11.7 Å². The SMILES string of the molecule is CNC(=O)C12CC1[C@H]1C(n3cnc4c(NC)nc(C#Cc5ccc[nH]5)nc43)[C@@]1(O)[C@@H]2O. The molecule has 3 unspecified atom stereocenters. The molecule has 1 amide bonds. The van der Waals surface area contributed by atoms with E-state index < -0.39 is 23.2 Å². The molecule has 3 aliphatic carbocycles. The maximum Gasteiger partial charge on any atom is 0.229 e. The van der Waals surface area contributed by atoms with Crippen molar-refractivity contribution in [3.8, 4) is 11.8 Å². The molecular formula is C21H21N7O3. The Hall–Kier alpha value is -3.42. The van der Waals surface area contributed by atoms with Crippen molar-refractivity contribution in [3.63, 3.8) is 0 Å². The van der Waals surface area contributed by atoms with Crippen LogP contribution in [0.15, 0.2) is 24.7 Å². The van der Waals surface area contributed by atoms with Gasteiger partial charge in [0.05, 0.1) is 29.6 Å². The third-order valence-corrected chi connectivity index (χ3v) is 7.17. The molecule has 5 N–H and O–H groups in total. The molecule has 10 nitrogen and oxygen atoms in total. The van der Waals surface area contributed by atoms with E-state index in [1.165, 1.54) is 0 Å². The number of fused-ring (bicyclic) bond motifs is 4. The first-order chi connectivity index (χ1) is 15.0. The fraction of sp³-hybridized carbons (Fsp3) is 0.429. The molecule has 0 radical (unpaired) electrons. The van der Waals surface area contributed by atoms with Crippen LogP contribution in [0, 0.1) is 29.1 Å². The Morgan fingerprint density at radius 2 is 2.19 bits per heavy atom. The zero-order chi connectivity index (χ0) is 21.5. The van der Waals surface area contributed by atoms with E-state index in [4.69, 9.17) is 0 Å². The number of aromatic amines is 1. The lowest BCUT2D eigenvalue weighted by molar-refractivity contribution is -0.134. The van der Waals surface area contributed by atoms with Gasteiger partial charge in [-0.2, -0.15) is 0 Å². The molecule has 3 saturated carbocycles. The van der Waals surface area contributed by atoms with Crippen molar-refractivity contribution in [1.82, 2.24) is 29.8 Å². The number of aliphatic hydroxyl groups is 2. The highest BCUT2D eigenvalue weighted by Gasteiger charge is 2.91. The van der Waals surface area contributed by atoms with E-state index in [0.717, 1.165) is 5.69 Å². The molecule has 31 heavy (non-hydrogen) atoms. The van der Waals surface area contributed by atoms with Gasteiger partial charge < -0.3 is 30.4 Å². The van der Waals surface area contributed by atoms with Gasteiger partial charge in [-0.05, 0) is 36.3 Å². The van der Waals surface area contributed by atoms with E-state index in [0.29, 0.717) is 29.2 Å². The molecular weight excluding hydrogens is 398 g/mol. The van der Waals surface area contributed by atoms with Gasteiger partial charge in [0.25, 0.3) is 0 Å². The number of carbonyl (C=O) groups is 1. The van der Waals surface area contributed by atoms with Crippen LogP contribution in [0.5, 0.6) is 0 Å². The van der Waals surface area contributed by atoms with Gasteiger partial charge in [-0.25, -0.2) is 15.0 Å². The summed E-state index contributed by atoms with van der Waals surface area (Å²) in [5, 5.41) is 27.9. The third kappa shape index (κ3) is 2.14. The Kier molecular flexibility index (Phi) is 3.46. The number of aliphatic hydroxyl groups excluding tert-OH is 1. The average Bonchev–Trinajstić information content (AvgIpc) is 3.41. The molecule has 3 heterocycles. The first kappa shape index (κ1) is 18.4. The minimum absolute atomic E-state index is 0.0624. The number of nitrogens with zero attached hydrogens (tertiary/aromatic N) is 4. The molecule has 0 saturated heterocycles. The van der Waals surface area contributed by atoms with E-state index in [-0.39, 0.29) is 17.7 Å². The maximum atomic E-state index is 12.4. The van der Waals surface area contributed by atoms with Crippen molar-refractivity contribution in [2.45, 2.75) is 24.2 Å². The summed E-state index contributed by atoms with van der Waals surface area (Å²) in [6.07, 6.45) is 2.85. The number of aromatic nitrogens is 5. The highest BCUT2D eigenvalue weighted by molar-refractivity contribution is 5.89. The Morgan fingerprint density at radius 3 is 2.84 bits per heavy atom. The number of hydrogen-bond donors (Lipinski definition) is 5. The summed E-state index contributed by atoms with van der Waals surface area (Å²) in [7, 11) is 3.30. The number of amides is 1. The number of imidazole rings is 1. The zero-order valence-electron chi connectivity index (χ0n) is 16.9. The smallest absolute Gasteiger partial charge is 0.229 e. The summed E-state index contributed by atoms with van der Waals surface area (Å²) in [6.45, 7) is 0. The fourth-order valence-electron chi connectivity index (χ4n) is 5.66. The number of hydrogen-bond acceptors (Lipinski definition) is 7. The van der Waals surface area contributed by atoms with Gasteiger partial charge in [-0.15, -0.1) is 0 Å². The quantitative estimate of drug-likeness (QED) is 0.365. The van der Waals surface area contributed by atoms with Crippen LogP contribution >= 0.6 is 0 Å². The van der Waals surface area contributed by atoms with E-state index in [1.54, 1.807) is 31.2 Å². The molecule has 158 valence electrons. The predicted octanol–water partition coefficient (Wildman–Crippen LogP) is -0.375. The molecule has 3 aromatic rings. The third-order valence-electron chi connectivity index (χ3n) is 7.17. The Labute approximate surface area is 177 Å². The van der Waals surface area contributed by atoms with Crippen LogP contribution in [0.25, 0.3) is 11.2 Å². The standard InChI is InChI=1S/C21H21N7O3/c1-22-16-14-17(27-12(26-16)6-5-10-4-3-7-24-10)28(9-25-14)15-13-11-8-20(11,19(30)23-2)18(29)21(13,15)31/h3-4,7,9,11,13,15,18,24,29,31H,8H2,1-2H3,(H,23,30)(H,22,26,27)/t11?,13-,15?,18+,20?,21+/m0/s1. The van der Waals surface area contributed by atoms with Crippen LogP contribution in [0.3, 0.4) is 0 Å². The second-order valence-corrected chi connectivity index (χ2v) is 8.49. The number of nitrogens with one attached hydrogen (secondary N) is 3. The normalized spacial score (nSPS) is 34.5. The minimum atomic E-state index is -1.37. The summed E-state index contributed by atoms with van der Waals surface area (Å²) in [5.74, 6) is 6.29. The molecule has 0 spiro atoms. The second kappa shape index (κ2) is 5.84. The van der Waals surface area contributed by atoms with Crippen molar-refractivity contribution in [2.24, 2.45) is 17.3 Å². The van der Waals surface area contributed by atoms with Crippen LogP contribution < -0.4 is 10.6 Å². The van der Waals surface area contributed by atoms with Crippen molar-refractivity contribution in [2.75, 3.05) is 19.4 Å². The molecule has 6 atom stereocenters. The van der Waals surface area contributed by atoms with E-state index in [2.05, 4.69) is 42.4 Å². The minimum Gasteiger partial charge on any atom is -0.389 e. The van der Waals surface area contributed by atoms with Crippen LogP contribution in [-0.2, 0) is 4.79 Å². The zero-order valence-corrected chi connectivity index (χ0v) is 16.9. The van der Waals surface area contributed by atoms with E-state index >= 15 is 0 Å². The Balaban J connectivity index is 1.40. The van der Waals surface area contributed by atoms with Gasteiger partial charge in [0.1, 0.15) is 5.60 Å². The molecule has 3 aromatic heterocycles. The average molecular weight is 419 g/mol. The van der Waals surface area contributed by atoms with Crippen LogP contribution in [0.4, 0.5) is 5.82 Å². The van der Waals surface area contributed by atoms with Crippen molar-refractivity contribution >= 4 is 22.9 Å². The van der Waals surface area contributed by atoms with Crippen molar-refractivity contribution < 1.29 is 15.0 Å². The Bertz CT molecular complexity index is 1290. The van der Waals surface area contributed by atoms with Crippen molar-refractivity contribution in [3.05, 3.63) is 36.2 Å². The summed E-state index contributed by atoms with van der Waals surface area (Å²) in [4.78, 5) is 28.8. The van der Waals surface area contributed by atoms with Gasteiger partial charge in [0.15, 0.2) is 17.0 Å². The predicted molar refractivity (Wildman–Crippen MR) is 110 cm³/mol. The lowest BCUT2D eigenvalue weighted by Crippen LogP contribution is -2.45. The van der Waals surface area contributed by atoms with Crippen molar-refractivity contribution in [1.29, 1.82) is 0 Å². The van der Waals surface area contributed by atoms with Crippen LogP contribution in [0.2, 0.25) is 0 Å². The summed E-state index contributed by atoms with van der Waals surface area (Å²) in [6, 6.07) is 3.31. The maximum absolute atomic E-state index is 12.4. The number of carbonyl (C=O) groups excluding carboxylic acids is 1. The highest BCUT2D eigenvalue weighted by Crippen LogP contribution is 2.82. The molecule has 0 aliphatic heterocycles. The summed E-state index contributed by atoms with van der Waals surface area (Å²) >= 11 is 0. The van der Waals surface area contributed by atoms with Gasteiger partial charge in [0, 0.05) is 26.2 Å². The van der Waals surface area contributed by atoms with E-state index in [1.807, 2.05) is 12.1 Å². The lowest BCUT2D eigenvalue weighted by Gasteiger charge is -2.25. The first-order valence-corrected chi connectivity index (χ1v) is 10.2. The topological polar surface area (TPSA) is 141 Å². The summed E-state index contributed by atoms with van der Waals surface area (Å²) in [5.41, 5.74) is -0.412. The van der Waals surface area contributed by atoms with E-state index in [9.17, 15) is 15.0 Å². The molecule has 6 rings (SSSR count). The second-order valence-electron chi connectivity index (χ2n) is 8.49. The highest BCUT2D eigenvalue weighted by atomic mass is 16.4. The Morgan fingerprint density at radius 1 is 1.35 bits per heavy atom. The lowest BCUT2D eigenvalue weighted by atomic mass is 9.93. The van der Waals surface area contributed by atoms with Crippen LogP contribution in [-0.4, -0.2) is 66.4 Å². The number of H-pyrrole nitrogens is 1. The molecule has 3 fully saturated rings. The molecule has 0 bridgehead atoms. The number of anilines is 1. The van der Waals surface area contributed by atoms with Gasteiger partial charge in [-0.1, -0.05) is 0 Å². The van der Waals surface area contributed by atoms with Gasteiger partial charge in [-0.3, -0.25) is 4.79 Å².